The van der Waals surface area contributed by atoms with Crippen molar-refractivity contribution >= 4 is 17.3 Å². The molecule has 2 nitrogen and oxygen atoms in total. The minimum atomic E-state index is 0.784. The Morgan fingerprint density at radius 3 is 2.93 bits per heavy atom. The van der Waals surface area contributed by atoms with E-state index in [0.717, 1.165) is 22.8 Å². The Morgan fingerprint density at radius 1 is 1.33 bits per heavy atom. The monoisotopic (exact) mass is 220 g/mol. The first kappa shape index (κ1) is 10.1. The van der Waals surface area contributed by atoms with Gasteiger partial charge in [0.05, 0.1) is 10.7 Å². The Labute approximate surface area is 94.3 Å². The second-order valence-corrected chi connectivity index (χ2v) is 3.89. The summed E-state index contributed by atoms with van der Waals surface area (Å²) in [6.45, 7) is 2.79. The number of hydrogen-bond acceptors (Lipinski definition) is 1. The molecule has 1 aromatic heterocycles. The average Bonchev–Trinajstić information content (AvgIpc) is 2.73. The number of hydrogen-bond donors (Lipinski definition) is 2. The third-order valence-corrected chi connectivity index (χ3v) is 2.84. The van der Waals surface area contributed by atoms with Gasteiger partial charge in [0.2, 0.25) is 0 Å². The molecule has 2 rings (SSSR count). The molecule has 0 unspecified atom stereocenters. The van der Waals surface area contributed by atoms with E-state index < -0.39 is 0 Å². The minimum absolute atomic E-state index is 0.784. The smallest absolute Gasteiger partial charge is 0.0666 e. The molecule has 0 bridgehead atoms. The van der Waals surface area contributed by atoms with Crippen LogP contribution in [0.2, 0.25) is 5.02 Å². The van der Waals surface area contributed by atoms with Crippen molar-refractivity contribution in [2.24, 2.45) is 0 Å². The summed E-state index contributed by atoms with van der Waals surface area (Å²) in [5.41, 5.74) is 3.29. The van der Waals surface area contributed by atoms with Gasteiger partial charge in [0.1, 0.15) is 0 Å². The lowest BCUT2D eigenvalue weighted by Crippen LogP contribution is -1.99. The van der Waals surface area contributed by atoms with Crippen LogP contribution in [-0.4, -0.2) is 4.98 Å². The van der Waals surface area contributed by atoms with E-state index in [9.17, 15) is 0 Å². The fraction of sp³-hybridized carbons (Fsp3) is 0.167. The first-order valence-corrected chi connectivity index (χ1v) is 5.26. The number of aromatic nitrogens is 1. The maximum atomic E-state index is 6.16. The molecule has 0 aliphatic heterocycles. The molecule has 15 heavy (non-hydrogen) atoms. The summed E-state index contributed by atoms with van der Waals surface area (Å²) in [5, 5.41) is 4.10. The van der Waals surface area contributed by atoms with Crippen molar-refractivity contribution in [1.82, 2.24) is 4.98 Å². The first-order valence-electron chi connectivity index (χ1n) is 4.88. The molecule has 0 amide bonds. The van der Waals surface area contributed by atoms with Crippen LogP contribution >= 0.6 is 11.6 Å². The average molecular weight is 221 g/mol. The van der Waals surface area contributed by atoms with Gasteiger partial charge in [-0.05, 0) is 30.2 Å². The molecule has 0 saturated carbocycles. The molecule has 1 heterocycles. The quantitative estimate of drug-likeness (QED) is 0.813. The second-order valence-electron chi connectivity index (χ2n) is 3.51. The fourth-order valence-electron chi connectivity index (χ4n) is 1.45. The summed E-state index contributed by atoms with van der Waals surface area (Å²) in [7, 11) is 0. The van der Waals surface area contributed by atoms with Gasteiger partial charge in [0.15, 0.2) is 0 Å². The molecule has 0 spiro atoms. The summed E-state index contributed by atoms with van der Waals surface area (Å²) in [4.78, 5) is 3.02. The van der Waals surface area contributed by atoms with Crippen LogP contribution in [0, 0.1) is 6.92 Å². The van der Waals surface area contributed by atoms with E-state index in [4.69, 9.17) is 11.6 Å². The molecule has 0 fully saturated rings. The van der Waals surface area contributed by atoms with Crippen LogP contribution in [0.3, 0.4) is 0 Å². The maximum absolute atomic E-state index is 6.16. The van der Waals surface area contributed by atoms with Crippen molar-refractivity contribution in [3.05, 3.63) is 52.8 Å². The first-order chi connectivity index (χ1) is 7.27. The maximum Gasteiger partial charge on any atom is 0.0666 e. The minimum Gasteiger partial charge on any atom is -0.380 e. The number of nitrogens with one attached hydrogen (secondary N) is 2. The topological polar surface area (TPSA) is 27.8 Å². The van der Waals surface area contributed by atoms with E-state index in [0.29, 0.717) is 0 Å². The summed E-state index contributed by atoms with van der Waals surface area (Å²) in [5.74, 6) is 0. The molecule has 2 N–H and O–H groups in total. The summed E-state index contributed by atoms with van der Waals surface area (Å²) >= 11 is 6.16. The Balaban J connectivity index is 2.08. The van der Waals surface area contributed by atoms with E-state index in [-0.39, 0.29) is 0 Å². The van der Waals surface area contributed by atoms with E-state index in [1.807, 2.05) is 43.6 Å². The number of rotatable bonds is 3. The lowest BCUT2D eigenvalue weighted by Gasteiger charge is -2.08. The Kier molecular flexibility index (Phi) is 2.97. The third kappa shape index (κ3) is 2.34. The molecule has 78 valence electrons. The number of H-pyrrole nitrogens is 1. The van der Waals surface area contributed by atoms with E-state index in [2.05, 4.69) is 10.3 Å². The van der Waals surface area contributed by atoms with Gasteiger partial charge >= 0.3 is 0 Å². The molecule has 3 heteroatoms. The molecule has 0 aliphatic carbocycles. The zero-order valence-corrected chi connectivity index (χ0v) is 9.31. The number of anilines is 1. The van der Waals surface area contributed by atoms with Crippen LogP contribution < -0.4 is 5.32 Å². The normalized spacial score (nSPS) is 10.3. The van der Waals surface area contributed by atoms with Crippen LogP contribution in [0.4, 0.5) is 5.69 Å². The van der Waals surface area contributed by atoms with Crippen molar-refractivity contribution in [3.63, 3.8) is 0 Å². The van der Waals surface area contributed by atoms with Crippen molar-refractivity contribution in [2.75, 3.05) is 5.32 Å². The molecular weight excluding hydrogens is 208 g/mol. The third-order valence-electron chi connectivity index (χ3n) is 2.34. The standard InChI is InChI=1S/C12H13ClN2/c1-9-3-2-4-11(12(9)13)15-8-10-5-6-14-7-10/h2-7,14-15H,8H2,1H3. The highest BCUT2D eigenvalue weighted by Gasteiger charge is 2.01. The lowest BCUT2D eigenvalue weighted by molar-refractivity contribution is 1.15. The number of halogens is 1. The summed E-state index contributed by atoms with van der Waals surface area (Å²) in [6.07, 6.45) is 3.88. The van der Waals surface area contributed by atoms with Gasteiger partial charge in [-0.3, -0.25) is 0 Å². The van der Waals surface area contributed by atoms with Crippen LogP contribution in [-0.2, 0) is 6.54 Å². The number of aromatic amines is 1. The van der Waals surface area contributed by atoms with Gasteiger partial charge in [-0.15, -0.1) is 0 Å². The van der Waals surface area contributed by atoms with Crippen molar-refractivity contribution in [3.8, 4) is 0 Å². The van der Waals surface area contributed by atoms with Gasteiger partial charge in [-0.2, -0.15) is 0 Å². The zero-order valence-electron chi connectivity index (χ0n) is 8.55. The van der Waals surface area contributed by atoms with Gasteiger partial charge in [-0.25, -0.2) is 0 Å². The molecule has 2 aromatic rings. The van der Waals surface area contributed by atoms with Crippen LogP contribution in [0.15, 0.2) is 36.7 Å². The SMILES string of the molecule is Cc1cccc(NCc2cc[nH]c2)c1Cl. The Bertz CT molecular complexity index is 435. The molecule has 0 aliphatic rings. The van der Waals surface area contributed by atoms with Gasteiger partial charge in [0.25, 0.3) is 0 Å². The molecule has 0 radical (unpaired) electrons. The van der Waals surface area contributed by atoms with Crippen molar-refractivity contribution in [1.29, 1.82) is 0 Å². The van der Waals surface area contributed by atoms with Gasteiger partial charge < -0.3 is 10.3 Å². The number of benzene rings is 1. The van der Waals surface area contributed by atoms with E-state index in [1.54, 1.807) is 0 Å². The number of aryl methyl sites for hydroxylation is 1. The largest absolute Gasteiger partial charge is 0.380 e. The second kappa shape index (κ2) is 4.41. The fourth-order valence-corrected chi connectivity index (χ4v) is 1.64. The Hall–Kier alpha value is -1.41. The summed E-state index contributed by atoms with van der Waals surface area (Å²) < 4.78 is 0. The predicted molar refractivity (Wildman–Crippen MR) is 64.3 cm³/mol. The highest BCUT2D eigenvalue weighted by atomic mass is 35.5. The van der Waals surface area contributed by atoms with Gasteiger partial charge in [-0.1, -0.05) is 23.7 Å². The summed E-state index contributed by atoms with van der Waals surface area (Å²) in [6, 6.07) is 8.03. The van der Waals surface area contributed by atoms with Crippen molar-refractivity contribution < 1.29 is 0 Å². The molecular formula is C12H13ClN2. The predicted octanol–water partition coefficient (Wildman–Crippen LogP) is 3.59. The van der Waals surface area contributed by atoms with Crippen LogP contribution in [0.1, 0.15) is 11.1 Å². The van der Waals surface area contributed by atoms with Gasteiger partial charge in [0, 0.05) is 18.9 Å². The lowest BCUT2D eigenvalue weighted by atomic mass is 10.2. The molecule has 1 aromatic carbocycles. The Morgan fingerprint density at radius 2 is 2.20 bits per heavy atom. The zero-order chi connectivity index (χ0) is 10.7. The van der Waals surface area contributed by atoms with E-state index in [1.165, 1.54) is 5.56 Å². The van der Waals surface area contributed by atoms with E-state index >= 15 is 0 Å². The van der Waals surface area contributed by atoms with Crippen LogP contribution in [0.5, 0.6) is 0 Å². The molecule has 0 saturated heterocycles. The van der Waals surface area contributed by atoms with Crippen molar-refractivity contribution in [2.45, 2.75) is 13.5 Å². The van der Waals surface area contributed by atoms with Crippen LogP contribution in [0.25, 0.3) is 0 Å². The molecule has 0 atom stereocenters. The highest BCUT2D eigenvalue weighted by molar-refractivity contribution is 6.33. The highest BCUT2D eigenvalue weighted by Crippen LogP contribution is 2.25.